The lowest BCUT2D eigenvalue weighted by molar-refractivity contribution is -0.134. The Kier molecular flexibility index (Phi) is 19.5. The topological polar surface area (TPSA) is 73.1 Å². The molecule has 0 saturated heterocycles. The van der Waals surface area contributed by atoms with Crippen molar-refractivity contribution in [2.45, 2.75) is 78.1 Å². The van der Waals surface area contributed by atoms with E-state index in [0.717, 1.165) is 52.2 Å². The average Bonchev–Trinajstić information content (AvgIpc) is 3.12. The molecule has 2 N–H and O–H groups in total. The molecule has 166 valence electrons. The van der Waals surface area contributed by atoms with Gasteiger partial charge in [-0.3, -0.25) is 9.79 Å². The van der Waals surface area contributed by atoms with Crippen LogP contribution in [0.2, 0.25) is 0 Å². The summed E-state index contributed by atoms with van der Waals surface area (Å²) in [6, 6.07) is 0. The van der Waals surface area contributed by atoms with Crippen molar-refractivity contribution in [2.24, 2.45) is 4.99 Å². The number of aliphatic carboxylic acids is 1. The summed E-state index contributed by atoms with van der Waals surface area (Å²) >= 11 is 0. The van der Waals surface area contributed by atoms with Crippen molar-refractivity contribution in [3.8, 4) is 0 Å². The lowest BCUT2D eigenvalue weighted by Crippen LogP contribution is -2.30. The van der Waals surface area contributed by atoms with E-state index < -0.39 is 5.97 Å². The first-order chi connectivity index (χ1) is 14.1. The minimum Gasteiger partial charge on any atom is -0.481 e. The van der Waals surface area contributed by atoms with Gasteiger partial charge in [0, 0.05) is 26.4 Å². The number of carboxylic acid groups (broad SMARTS) is 1. The molecule has 1 aliphatic heterocycles. The molecule has 1 heterocycles. The monoisotopic (exact) mass is 406 g/mol. The molecule has 0 atom stereocenters. The molecule has 29 heavy (non-hydrogen) atoms. The normalized spacial score (nSPS) is 14.0. The highest BCUT2D eigenvalue weighted by Gasteiger charge is 2.14. The number of nitrogens with zero attached hydrogens (tertiary/aromatic N) is 2. The van der Waals surface area contributed by atoms with Crippen LogP contribution in [0.5, 0.6) is 0 Å². The van der Waals surface area contributed by atoms with E-state index in [1.807, 2.05) is 0 Å². The molecule has 1 aliphatic rings. The van der Waals surface area contributed by atoms with E-state index in [4.69, 9.17) is 15.0 Å². The molecule has 5 heteroatoms. The van der Waals surface area contributed by atoms with Crippen LogP contribution in [0.25, 0.3) is 0 Å². The molecule has 0 spiro atoms. The third-order valence-electron chi connectivity index (χ3n) is 4.45. The Balaban J connectivity index is 0.00000178. The van der Waals surface area contributed by atoms with Gasteiger partial charge >= 0.3 is 0 Å². The number of carbonyl (C=O) groups is 1. The summed E-state index contributed by atoms with van der Waals surface area (Å²) < 4.78 is 0. The third kappa shape index (κ3) is 19.2. The van der Waals surface area contributed by atoms with Crippen molar-refractivity contribution < 1.29 is 15.0 Å². The van der Waals surface area contributed by atoms with Crippen molar-refractivity contribution in [2.75, 3.05) is 26.2 Å². The molecular formula is C24H42N2O3. The number of hydrogen-bond donors (Lipinski definition) is 2. The number of aliphatic hydroxyl groups is 1. The zero-order valence-corrected chi connectivity index (χ0v) is 18.6. The minimum atomic E-state index is -0.833. The fourth-order valence-electron chi connectivity index (χ4n) is 3.03. The van der Waals surface area contributed by atoms with Gasteiger partial charge in [-0.2, -0.15) is 0 Å². The van der Waals surface area contributed by atoms with Crippen molar-refractivity contribution in [1.29, 1.82) is 0 Å². The third-order valence-corrected chi connectivity index (χ3v) is 4.45. The van der Waals surface area contributed by atoms with Crippen LogP contribution in [-0.4, -0.2) is 53.2 Å². The molecule has 0 fully saturated rings. The molecule has 0 aliphatic carbocycles. The number of hydrogen-bond acceptors (Lipinski definition) is 4. The predicted octanol–water partition coefficient (Wildman–Crippen LogP) is 5.37. The van der Waals surface area contributed by atoms with Crippen LogP contribution in [-0.2, 0) is 4.79 Å². The first-order valence-electron chi connectivity index (χ1n) is 11.2. The van der Waals surface area contributed by atoms with Gasteiger partial charge in [0.25, 0.3) is 5.97 Å². The molecule has 5 nitrogen and oxygen atoms in total. The fourth-order valence-corrected chi connectivity index (χ4v) is 3.03. The van der Waals surface area contributed by atoms with Crippen molar-refractivity contribution in [3.05, 3.63) is 36.5 Å². The van der Waals surface area contributed by atoms with E-state index in [9.17, 15) is 0 Å². The van der Waals surface area contributed by atoms with Crippen LogP contribution in [0, 0.1) is 0 Å². The van der Waals surface area contributed by atoms with E-state index in [1.165, 1.54) is 44.4 Å². The van der Waals surface area contributed by atoms with Gasteiger partial charge < -0.3 is 15.1 Å². The summed E-state index contributed by atoms with van der Waals surface area (Å²) in [5.41, 5.74) is 0. The first kappa shape index (κ1) is 27.1. The predicted molar refractivity (Wildman–Crippen MR) is 124 cm³/mol. The van der Waals surface area contributed by atoms with E-state index in [1.54, 1.807) is 0 Å². The standard InChI is InChI=1S/C22H38N2O.C2H4O2/c1-2-3-4-5-6-7-8-9-10-11-12-13-14-15-16-17-22-23-18-19-24(22)20-21-25;1-2(3)4/h3-4,6-7,9-10,25H,2,5,8,11-21H2,1H3;1H3,(H,3,4)/b4-3-,7-6-,10-9-;. The highest BCUT2D eigenvalue weighted by atomic mass is 16.4. The van der Waals surface area contributed by atoms with Gasteiger partial charge in [0.2, 0.25) is 0 Å². The Morgan fingerprint density at radius 1 is 1.00 bits per heavy atom. The van der Waals surface area contributed by atoms with Gasteiger partial charge in [-0.15, -0.1) is 0 Å². The zero-order chi connectivity index (χ0) is 21.6. The maximum absolute atomic E-state index is 9.04. The number of β-amino-alcohol motifs (C(OH)–C–C–N with tert-alkyl or cyclic N) is 1. The van der Waals surface area contributed by atoms with Crippen LogP contribution in [0.3, 0.4) is 0 Å². The molecule has 0 unspecified atom stereocenters. The fraction of sp³-hybridized carbons (Fsp3) is 0.667. The first-order valence-corrected chi connectivity index (χ1v) is 11.2. The van der Waals surface area contributed by atoms with Crippen molar-refractivity contribution >= 4 is 11.8 Å². The van der Waals surface area contributed by atoms with Crippen LogP contribution in [0.4, 0.5) is 0 Å². The Morgan fingerprint density at radius 3 is 2.24 bits per heavy atom. The second-order valence-corrected chi connectivity index (χ2v) is 7.13. The number of carboxylic acids is 1. The number of rotatable bonds is 15. The van der Waals surface area contributed by atoms with Crippen molar-refractivity contribution in [3.63, 3.8) is 0 Å². The Hall–Kier alpha value is -1.88. The van der Waals surface area contributed by atoms with Gasteiger partial charge in [-0.05, 0) is 38.5 Å². The van der Waals surface area contributed by atoms with E-state index >= 15 is 0 Å². The number of allylic oxidation sites excluding steroid dienone is 6. The number of aliphatic hydroxyl groups excluding tert-OH is 1. The molecule has 0 bridgehead atoms. The van der Waals surface area contributed by atoms with E-state index in [2.05, 4.69) is 53.3 Å². The Bertz CT molecular complexity index is 506. The number of unbranched alkanes of at least 4 members (excludes halogenated alkanes) is 5. The zero-order valence-electron chi connectivity index (χ0n) is 18.6. The van der Waals surface area contributed by atoms with Crippen LogP contribution in [0.15, 0.2) is 41.4 Å². The smallest absolute Gasteiger partial charge is 0.300 e. The Labute approximate surface area is 177 Å². The van der Waals surface area contributed by atoms with Gasteiger partial charge in [0.1, 0.15) is 0 Å². The number of amidine groups is 1. The highest BCUT2D eigenvalue weighted by Crippen LogP contribution is 2.12. The summed E-state index contributed by atoms with van der Waals surface area (Å²) in [6.07, 6.45) is 25.6. The lowest BCUT2D eigenvalue weighted by atomic mass is 10.1. The maximum Gasteiger partial charge on any atom is 0.300 e. The van der Waals surface area contributed by atoms with Crippen LogP contribution >= 0.6 is 0 Å². The molecule has 0 aromatic heterocycles. The Morgan fingerprint density at radius 2 is 1.59 bits per heavy atom. The van der Waals surface area contributed by atoms with Gasteiger partial charge in [-0.25, -0.2) is 0 Å². The van der Waals surface area contributed by atoms with Gasteiger partial charge in [-0.1, -0.05) is 62.6 Å². The summed E-state index contributed by atoms with van der Waals surface area (Å²) in [6.45, 7) is 6.13. The molecular weight excluding hydrogens is 364 g/mol. The second kappa shape index (κ2) is 20.8. The summed E-state index contributed by atoms with van der Waals surface area (Å²) in [7, 11) is 0. The molecule has 1 rings (SSSR count). The molecule has 0 aromatic rings. The lowest BCUT2D eigenvalue weighted by Gasteiger charge is -2.18. The molecule has 0 amide bonds. The maximum atomic E-state index is 9.04. The van der Waals surface area contributed by atoms with Gasteiger partial charge in [0.05, 0.1) is 19.0 Å². The van der Waals surface area contributed by atoms with E-state index in [-0.39, 0.29) is 6.61 Å². The van der Waals surface area contributed by atoms with Gasteiger partial charge in [0.15, 0.2) is 0 Å². The average molecular weight is 407 g/mol. The van der Waals surface area contributed by atoms with Crippen LogP contribution < -0.4 is 0 Å². The minimum absolute atomic E-state index is 0.234. The largest absolute Gasteiger partial charge is 0.481 e. The van der Waals surface area contributed by atoms with E-state index in [0.29, 0.717) is 0 Å². The van der Waals surface area contributed by atoms with Crippen molar-refractivity contribution in [1.82, 2.24) is 4.90 Å². The molecule has 0 radical (unpaired) electrons. The SMILES string of the molecule is CC(=O)O.CC/C=C\C/C=C\C/C=C\CCCCCCCC1=NCCN1CCO. The summed E-state index contributed by atoms with van der Waals surface area (Å²) in [4.78, 5) is 15.8. The number of aliphatic imine (C=N–C) groups is 1. The summed E-state index contributed by atoms with van der Waals surface area (Å²) in [5.74, 6) is 0.384. The highest BCUT2D eigenvalue weighted by molar-refractivity contribution is 5.83. The molecule has 0 saturated carbocycles. The summed E-state index contributed by atoms with van der Waals surface area (Å²) in [5, 5.41) is 16.5. The quantitative estimate of drug-likeness (QED) is 0.283. The van der Waals surface area contributed by atoms with Crippen LogP contribution in [0.1, 0.15) is 78.1 Å². The second-order valence-electron chi connectivity index (χ2n) is 7.13. The molecule has 0 aromatic carbocycles.